The predicted octanol–water partition coefficient (Wildman–Crippen LogP) is 2.41. The Kier molecular flexibility index (Phi) is 6.56. The van der Waals surface area contributed by atoms with Gasteiger partial charge in [0.15, 0.2) is 0 Å². The Balaban J connectivity index is 2.35. The van der Waals surface area contributed by atoms with Crippen molar-refractivity contribution in [1.82, 2.24) is 10.2 Å². The van der Waals surface area contributed by atoms with Gasteiger partial charge in [0.1, 0.15) is 0 Å². The van der Waals surface area contributed by atoms with E-state index in [0.717, 1.165) is 13.1 Å². The van der Waals surface area contributed by atoms with Crippen LogP contribution >= 0.6 is 0 Å². The summed E-state index contributed by atoms with van der Waals surface area (Å²) in [5.41, 5.74) is 0. The highest BCUT2D eigenvalue weighted by Gasteiger charge is 2.20. The second-order valence-electron chi connectivity index (χ2n) is 5.17. The summed E-state index contributed by atoms with van der Waals surface area (Å²) in [6, 6.07) is 0.539. The highest BCUT2D eigenvalue weighted by Crippen LogP contribution is 2.22. The first-order valence-electron chi connectivity index (χ1n) is 7.20. The van der Waals surface area contributed by atoms with Gasteiger partial charge in [0.2, 0.25) is 5.91 Å². The Morgan fingerprint density at radius 2 is 1.82 bits per heavy atom. The molecule has 17 heavy (non-hydrogen) atoms. The molecule has 0 bridgehead atoms. The standard InChI is InChI=1S/C14H28N2O/c1-4-16(5-2)14(17)11-15-13-10-8-6-7-9-12(13)3/h12-13,15H,4-11H2,1-3H3. The van der Waals surface area contributed by atoms with Gasteiger partial charge in [0.25, 0.3) is 0 Å². The number of hydrogen-bond acceptors (Lipinski definition) is 2. The molecule has 100 valence electrons. The van der Waals surface area contributed by atoms with Gasteiger partial charge in [0.05, 0.1) is 6.54 Å². The fourth-order valence-corrected chi connectivity index (χ4v) is 2.70. The van der Waals surface area contributed by atoms with Crippen molar-refractivity contribution in [1.29, 1.82) is 0 Å². The van der Waals surface area contributed by atoms with E-state index in [4.69, 9.17) is 0 Å². The zero-order chi connectivity index (χ0) is 12.7. The molecule has 1 aliphatic rings. The zero-order valence-corrected chi connectivity index (χ0v) is 11.7. The Labute approximate surface area is 106 Å². The lowest BCUT2D eigenvalue weighted by Gasteiger charge is -2.25. The number of nitrogens with one attached hydrogen (secondary N) is 1. The van der Waals surface area contributed by atoms with E-state index in [1.807, 2.05) is 18.7 Å². The van der Waals surface area contributed by atoms with Crippen LogP contribution in [0.5, 0.6) is 0 Å². The van der Waals surface area contributed by atoms with Gasteiger partial charge in [-0.2, -0.15) is 0 Å². The highest BCUT2D eigenvalue weighted by molar-refractivity contribution is 5.78. The molecule has 1 rings (SSSR count). The summed E-state index contributed by atoms with van der Waals surface area (Å²) >= 11 is 0. The number of carbonyl (C=O) groups is 1. The predicted molar refractivity (Wildman–Crippen MR) is 72.0 cm³/mol. The molecule has 0 spiro atoms. The van der Waals surface area contributed by atoms with Crippen LogP contribution in [-0.4, -0.2) is 36.5 Å². The molecule has 0 radical (unpaired) electrons. The molecule has 0 aromatic rings. The van der Waals surface area contributed by atoms with Crippen molar-refractivity contribution < 1.29 is 4.79 Å². The fourth-order valence-electron chi connectivity index (χ4n) is 2.70. The van der Waals surface area contributed by atoms with Crippen LogP contribution in [0.2, 0.25) is 0 Å². The molecule has 1 N–H and O–H groups in total. The van der Waals surface area contributed by atoms with Crippen LogP contribution in [0.25, 0.3) is 0 Å². The average Bonchev–Trinajstić information content (AvgIpc) is 2.53. The minimum Gasteiger partial charge on any atom is -0.342 e. The highest BCUT2D eigenvalue weighted by atomic mass is 16.2. The van der Waals surface area contributed by atoms with E-state index in [2.05, 4.69) is 12.2 Å². The number of carbonyl (C=O) groups excluding carboxylic acids is 1. The van der Waals surface area contributed by atoms with Crippen molar-refractivity contribution in [2.75, 3.05) is 19.6 Å². The molecule has 1 amide bonds. The fraction of sp³-hybridized carbons (Fsp3) is 0.929. The molecule has 1 saturated carbocycles. The van der Waals surface area contributed by atoms with E-state index in [1.165, 1.54) is 32.1 Å². The van der Waals surface area contributed by atoms with E-state index in [1.54, 1.807) is 0 Å². The van der Waals surface area contributed by atoms with Crippen molar-refractivity contribution in [3.05, 3.63) is 0 Å². The molecule has 2 atom stereocenters. The number of hydrogen-bond donors (Lipinski definition) is 1. The summed E-state index contributed by atoms with van der Waals surface area (Å²) in [5, 5.41) is 3.47. The third kappa shape index (κ3) is 4.66. The van der Waals surface area contributed by atoms with Crippen molar-refractivity contribution >= 4 is 5.91 Å². The molecule has 2 unspecified atom stereocenters. The molecule has 1 aliphatic carbocycles. The van der Waals surface area contributed by atoms with Gasteiger partial charge in [-0.25, -0.2) is 0 Å². The minimum absolute atomic E-state index is 0.242. The van der Waals surface area contributed by atoms with Crippen molar-refractivity contribution in [2.24, 2.45) is 5.92 Å². The normalized spacial score (nSPS) is 25.4. The Morgan fingerprint density at radius 1 is 1.18 bits per heavy atom. The first kappa shape index (κ1) is 14.5. The maximum absolute atomic E-state index is 11.9. The van der Waals surface area contributed by atoms with Gasteiger partial charge in [-0.05, 0) is 32.6 Å². The van der Waals surface area contributed by atoms with E-state index in [0.29, 0.717) is 18.5 Å². The molecule has 0 heterocycles. The van der Waals surface area contributed by atoms with Gasteiger partial charge in [-0.1, -0.05) is 26.2 Å². The summed E-state index contributed by atoms with van der Waals surface area (Å²) in [7, 11) is 0. The second kappa shape index (κ2) is 7.70. The lowest BCUT2D eigenvalue weighted by atomic mass is 9.97. The largest absolute Gasteiger partial charge is 0.342 e. The van der Waals surface area contributed by atoms with Crippen LogP contribution in [0, 0.1) is 5.92 Å². The SMILES string of the molecule is CCN(CC)C(=O)CNC1CCCCCC1C. The summed E-state index contributed by atoms with van der Waals surface area (Å²) in [4.78, 5) is 13.8. The minimum atomic E-state index is 0.242. The van der Waals surface area contributed by atoms with Crippen LogP contribution in [0.4, 0.5) is 0 Å². The third-order valence-corrected chi connectivity index (χ3v) is 3.99. The monoisotopic (exact) mass is 240 g/mol. The van der Waals surface area contributed by atoms with E-state index >= 15 is 0 Å². The van der Waals surface area contributed by atoms with Gasteiger partial charge >= 0.3 is 0 Å². The van der Waals surface area contributed by atoms with E-state index < -0.39 is 0 Å². The maximum atomic E-state index is 11.9. The van der Waals surface area contributed by atoms with Crippen LogP contribution in [0.1, 0.15) is 52.9 Å². The van der Waals surface area contributed by atoms with E-state index in [9.17, 15) is 4.79 Å². The van der Waals surface area contributed by atoms with Gasteiger partial charge in [-0.3, -0.25) is 4.79 Å². The number of rotatable bonds is 5. The summed E-state index contributed by atoms with van der Waals surface area (Å²) in [5.74, 6) is 0.952. The first-order chi connectivity index (χ1) is 8.19. The Hall–Kier alpha value is -0.570. The summed E-state index contributed by atoms with van der Waals surface area (Å²) in [6.45, 7) is 8.53. The van der Waals surface area contributed by atoms with Crippen LogP contribution < -0.4 is 5.32 Å². The van der Waals surface area contributed by atoms with Crippen molar-refractivity contribution in [3.63, 3.8) is 0 Å². The molecule has 3 heteroatoms. The Bertz CT molecular complexity index is 226. The van der Waals surface area contributed by atoms with E-state index in [-0.39, 0.29) is 5.91 Å². The van der Waals surface area contributed by atoms with Crippen LogP contribution in [-0.2, 0) is 4.79 Å². The summed E-state index contributed by atoms with van der Waals surface area (Å²) in [6.07, 6.45) is 6.54. The molecule has 0 saturated heterocycles. The number of nitrogens with zero attached hydrogens (tertiary/aromatic N) is 1. The Morgan fingerprint density at radius 3 is 2.47 bits per heavy atom. The number of amides is 1. The molecule has 1 fully saturated rings. The molecule has 3 nitrogen and oxygen atoms in total. The molecular weight excluding hydrogens is 212 g/mol. The third-order valence-electron chi connectivity index (χ3n) is 3.99. The average molecular weight is 240 g/mol. The van der Waals surface area contributed by atoms with Crippen molar-refractivity contribution in [3.8, 4) is 0 Å². The first-order valence-corrected chi connectivity index (χ1v) is 7.20. The zero-order valence-electron chi connectivity index (χ0n) is 11.7. The summed E-state index contributed by atoms with van der Waals surface area (Å²) < 4.78 is 0. The second-order valence-corrected chi connectivity index (χ2v) is 5.17. The molecular formula is C14H28N2O. The van der Waals surface area contributed by atoms with Crippen LogP contribution in [0.3, 0.4) is 0 Å². The molecule has 0 aromatic carbocycles. The molecule has 0 aliphatic heterocycles. The topological polar surface area (TPSA) is 32.3 Å². The van der Waals surface area contributed by atoms with Crippen LogP contribution in [0.15, 0.2) is 0 Å². The van der Waals surface area contributed by atoms with Gasteiger partial charge in [-0.15, -0.1) is 0 Å². The number of likely N-dealkylation sites (N-methyl/N-ethyl adjacent to an activating group) is 1. The van der Waals surface area contributed by atoms with Gasteiger partial charge < -0.3 is 10.2 Å². The molecule has 0 aromatic heterocycles. The quantitative estimate of drug-likeness (QED) is 0.749. The maximum Gasteiger partial charge on any atom is 0.236 e. The smallest absolute Gasteiger partial charge is 0.236 e. The van der Waals surface area contributed by atoms with Gasteiger partial charge in [0, 0.05) is 19.1 Å². The van der Waals surface area contributed by atoms with Crippen molar-refractivity contribution in [2.45, 2.75) is 58.9 Å². The lowest BCUT2D eigenvalue weighted by molar-refractivity contribution is -0.130. The lowest BCUT2D eigenvalue weighted by Crippen LogP contribution is -2.43.